The summed E-state index contributed by atoms with van der Waals surface area (Å²) in [6.07, 6.45) is 0. The van der Waals surface area contributed by atoms with Gasteiger partial charge < -0.3 is 10.5 Å². The molecule has 0 heterocycles. The van der Waals surface area contributed by atoms with Crippen LogP contribution < -0.4 is 10.5 Å². The highest BCUT2D eigenvalue weighted by atomic mass is 79.9. The van der Waals surface area contributed by atoms with Crippen molar-refractivity contribution >= 4 is 15.9 Å². The molecule has 18 heavy (non-hydrogen) atoms. The maximum absolute atomic E-state index is 13.2. The van der Waals surface area contributed by atoms with Crippen molar-refractivity contribution in [3.8, 4) is 5.75 Å². The third-order valence-electron chi connectivity index (χ3n) is 2.77. The van der Waals surface area contributed by atoms with Crippen molar-refractivity contribution in [1.82, 2.24) is 0 Å². The summed E-state index contributed by atoms with van der Waals surface area (Å²) in [7, 11) is 1.61. The van der Waals surface area contributed by atoms with Gasteiger partial charge in [-0.15, -0.1) is 0 Å². The average molecular weight is 310 g/mol. The first-order valence-electron chi connectivity index (χ1n) is 5.46. The van der Waals surface area contributed by atoms with Gasteiger partial charge in [-0.25, -0.2) is 4.39 Å². The molecule has 94 valence electrons. The van der Waals surface area contributed by atoms with Crippen LogP contribution in [-0.4, -0.2) is 7.11 Å². The van der Waals surface area contributed by atoms with Gasteiger partial charge in [0, 0.05) is 4.47 Å². The molecule has 2 nitrogen and oxygen atoms in total. The van der Waals surface area contributed by atoms with Crippen LogP contribution >= 0.6 is 15.9 Å². The fourth-order valence-electron chi connectivity index (χ4n) is 1.74. The summed E-state index contributed by atoms with van der Waals surface area (Å²) in [6, 6.07) is 11.6. The Morgan fingerprint density at radius 1 is 1.17 bits per heavy atom. The minimum Gasteiger partial charge on any atom is -0.497 e. The molecule has 2 rings (SSSR count). The Labute approximate surface area is 114 Å². The second-order valence-corrected chi connectivity index (χ2v) is 4.77. The van der Waals surface area contributed by atoms with Crippen LogP contribution in [0.4, 0.5) is 4.39 Å². The van der Waals surface area contributed by atoms with E-state index in [1.54, 1.807) is 13.2 Å². The molecule has 1 atom stereocenters. The highest BCUT2D eigenvalue weighted by Gasteiger charge is 2.13. The van der Waals surface area contributed by atoms with Crippen LogP contribution in [0.2, 0.25) is 0 Å². The topological polar surface area (TPSA) is 35.2 Å². The largest absolute Gasteiger partial charge is 0.497 e. The molecule has 4 heteroatoms. The van der Waals surface area contributed by atoms with Gasteiger partial charge in [-0.3, -0.25) is 0 Å². The zero-order valence-electron chi connectivity index (χ0n) is 9.86. The van der Waals surface area contributed by atoms with Gasteiger partial charge in [0.15, 0.2) is 0 Å². The third-order valence-corrected chi connectivity index (χ3v) is 3.49. The fraction of sp³-hybridized carbons (Fsp3) is 0.143. The van der Waals surface area contributed by atoms with Gasteiger partial charge in [0.2, 0.25) is 0 Å². The lowest BCUT2D eigenvalue weighted by Crippen LogP contribution is -2.12. The molecule has 0 aliphatic rings. The van der Waals surface area contributed by atoms with E-state index in [9.17, 15) is 4.39 Å². The van der Waals surface area contributed by atoms with Gasteiger partial charge in [-0.1, -0.05) is 28.1 Å². The van der Waals surface area contributed by atoms with Crippen LogP contribution in [0.1, 0.15) is 17.2 Å². The highest BCUT2D eigenvalue weighted by molar-refractivity contribution is 9.10. The molecular formula is C14H13BrFNO. The normalized spacial score (nSPS) is 12.2. The number of methoxy groups -OCH3 is 1. The molecule has 0 aliphatic carbocycles. The molecule has 0 aromatic heterocycles. The van der Waals surface area contributed by atoms with Crippen LogP contribution in [0.15, 0.2) is 46.9 Å². The second-order valence-electron chi connectivity index (χ2n) is 3.92. The first-order chi connectivity index (χ1) is 8.61. The van der Waals surface area contributed by atoms with Gasteiger partial charge in [-0.05, 0) is 41.5 Å². The Hall–Kier alpha value is -1.39. The molecule has 0 aliphatic heterocycles. The zero-order chi connectivity index (χ0) is 13.1. The monoisotopic (exact) mass is 309 g/mol. The van der Waals surface area contributed by atoms with E-state index in [0.717, 1.165) is 21.3 Å². The maximum Gasteiger partial charge on any atom is 0.123 e. The van der Waals surface area contributed by atoms with Crippen LogP contribution in [0, 0.1) is 5.82 Å². The lowest BCUT2D eigenvalue weighted by Gasteiger charge is -2.15. The number of nitrogens with two attached hydrogens (primary N) is 1. The fourth-order valence-corrected chi connectivity index (χ4v) is 2.24. The molecule has 0 fully saturated rings. The van der Waals surface area contributed by atoms with Crippen molar-refractivity contribution in [2.75, 3.05) is 7.11 Å². The van der Waals surface area contributed by atoms with Crippen molar-refractivity contribution in [3.63, 3.8) is 0 Å². The quantitative estimate of drug-likeness (QED) is 0.939. The molecule has 2 aromatic carbocycles. The molecule has 0 amide bonds. The van der Waals surface area contributed by atoms with E-state index in [-0.39, 0.29) is 11.9 Å². The smallest absolute Gasteiger partial charge is 0.123 e. The Balaban J connectivity index is 2.34. The molecule has 0 spiro atoms. The number of halogens is 2. The number of hydrogen-bond acceptors (Lipinski definition) is 2. The van der Waals surface area contributed by atoms with Crippen LogP contribution in [0.25, 0.3) is 0 Å². The molecule has 1 unspecified atom stereocenters. The Morgan fingerprint density at radius 2 is 1.83 bits per heavy atom. The van der Waals surface area contributed by atoms with Gasteiger partial charge >= 0.3 is 0 Å². The van der Waals surface area contributed by atoms with Crippen molar-refractivity contribution in [1.29, 1.82) is 0 Å². The lowest BCUT2D eigenvalue weighted by molar-refractivity contribution is 0.414. The summed E-state index contributed by atoms with van der Waals surface area (Å²) in [4.78, 5) is 0. The van der Waals surface area contributed by atoms with Crippen LogP contribution in [-0.2, 0) is 0 Å². The van der Waals surface area contributed by atoms with E-state index >= 15 is 0 Å². The molecule has 0 saturated carbocycles. The first-order valence-corrected chi connectivity index (χ1v) is 6.25. The molecule has 0 saturated heterocycles. The second kappa shape index (κ2) is 5.50. The molecular weight excluding hydrogens is 297 g/mol. The molecule has 2 N–H and O–H groups in total. The summed E-state index contributed by atoms with van der Waals surface area (Å²) < 4.78 is 19.1. The van der Waals surface area contributed by atoms with E-state index in [1.165, 1.54) is 12.1 Å². The van der Waals surface area contributed by atoms with Gasteiger partial charge in [0.1, 0.15) is 11.6 Å². The van der Waals surface area contributed by atoms with Gasteiger partial charge in [0.25, 0.3) is 0 Å². The van der Waals surface area contributed by atoms with E-state index in [2.05, 4.69) is 15.9 Å². The van der Waals surface area contributed by atoms with Crippen molar-refractivity contribution < 1.29 is 9.13 Å². The first kappa shape index (κ1) is 13.1. The van der Waals surface area contributed by atoms with Crippen molar-refractivity contribution in [2.45, 2.75) is 6.04 Å². The third kappa shape index (κ3) is 2.71. The zero-order valence-corrected chi connectivity index (χ0v) is 11.4. The standard InChI is InChI=1S/C14H13BrFNO/c1-18-11-5-2-9(3-6-11)14(17)12-8-10(16)4-7-13(12)15/h2-8,14H,17H2,1H3. The Morgan fingerprint density at radius 3 is 2.44 bits per heavy atom. The van der Waals surface area contributed by atoms with Gasteiger partial charge in [0.05, 0.1) is 13.2 Å². The van der Waals surface area contributed by atoms with Crippen molar-refractivity contribution in [2.24, 2.45) is 5.73 Å². The Bertz CT molecular complexity index is 542. The molecule has 2 aromatic rings. The highest BCUT2D eigenvalue weighted by Crippen LogP contribution is 2.28. The summed E-state index contributed by atoms with van der Waals surface area (Å²) in [5.41, 5.74) is 7.77. The average Bonchev–Trinajstić information content (AvgIpc) is 2.41. The number of ether oxygens (including phenoxy) is 1. The minimum absolute atomic E-state index is 0.294. The summed E-state index contributed by atoms with van der Waals surface area (Å²) in [5.74, 6) is 0.474. The van der Waals surface area contributed by atoms with Crippen LogP contribution in [0.3, 0.4) is 0 Å². The molecule has 0 radical (unpaired) electrons. The molecule has 0 bridgehead atoms. The lowest BCUT2D eigenvalue weighted by atomic mass is 9.99. The van der Waals surface area contributed by atoms with E-state index in [0.29, 0.717) is 0 Å². The maximum atomic E-state index is 13.2. The van der Waals surface area contributed by atoms with E-state index in [4.69, 9.17) is 10.5 Å². The predicted molar refractivity (Wildman–Crippen MR) is 73.1 cm³/mol. The Kier molecular flexibility index (Phi) is 3.99. The summed E-state index contributed by atoms with van der Waals surface area (Å²) in [5, 5.41) is 0. The summed E-state index contributed by atoms with van der Waals surface area (Å²) >= 11 is 3.39. The van der Waals surface area contributed by atoms with Crippen LogP contribution in [0.5, 0.6) is 5.75 Å². The minimum atomic E-state index is -0.374. The summed E-state index contributed by atoms with van der Waals surface area (Å²) in [6.45, 7) is 0. The number of hydrogen-bond donors (Lipinski definition) is 1. The number of rotatable bonds is 3. The predicted octanol–water partition coefficient (Wildman–Crippen LogP) is 3.64. The van der Waals surface area contributed by atoms with Gasteiger partial charge in [-0.2, -0.15) is 0 Å². The van der Waals surface area contributed by atoms with E-state index in [1.807, 2.05) is 24.3 Å². The van der Waals surface area contributed by atoms with E-state index < -0.39 is 0 Å². The van der Waals surface area contributed by atoms with Crippen molar-refractivity contribution in [3.05, 3.63) is 63.9 Å². The SMILES string of the molecule is COc1ccc(C(N)c2cc(F)ccc2Br)cc1. The number of benzene rings is 2.